The molecule has 16 heavy (non-hydrogen) atoms. The normalized spacial score (nSPS) is 13.6. The molecular weight excluding hydrogens is 202 g/mol. The van der Waals surface area contributed by atoms with Gasteiger partial charge in [0.1, 0.15) is 5.75 Å². The van der Waals surface area contributed by atoms with Gasteiger partial charge in [0.2, 0.25) is 0 Å². The van der Waals surface area contributed by atoms with E-state index in [1.807, 2.05) is 7.05 Å². The van der Waals surface area contributed by atoms with Crippen molar-refractivity contribution in [1.29, 1.82) is 0 Å². The van der Waals surface area contributed by atoms with Crippen molar-refractivity contribution in [1.82, 2.24) is 5.32 Å². The molecule has 1 N–H and O–H groups in total. The highest BCUT2D eigenvalue weighted by Gasteiger charge is 2.11. The largest absolute Gasteiger partial charge is 0.493 e. The second kappa shape index (κ2) is 5.87. The molecule has 0 aliphatic carbocycles. The van der Waals surface area contributed by atoms with E-state index in [0.717, 1.165) is 45.0 Å². The predicted molar refractivity (Wildman–Crippen MR) is 64.1 cm³/mol. The first-order valence-electron chi connectivity index (χ1n) is 5.87. The third kappa shape index (κ3) is 2.97. The zero-order chi connectivity index (χ0) is 11.2. The van der Waals surface area contributed by atoms with Crippen molar-refractivity contribution in [3.05, 3.63) is 29.3 Å². The molecule has 0 saturated carbocycles. The highest BCUT2D eigenvalue weighted by Crippen LogP contribution is 2.25. The van der Waals surface area contributed by atoms with Crippen molar-refractivity contribution in [2.45, 2.75) is 12.8 Å². The van der Waals surface area contributed by atoms with Gasteiger partial charge >= 0.3 is 0 Å². The Morgan fingerprint density at radius 3 is 3.19 bits per heavy atom. The van der Waals surface area contributed by atoms with Crippen molar-refractivity contribution < 1.29 is 9.47 Å². The Hall–Kier alpha value is -1.06. The topological polar surface area (TPSA) is 30.5 Å². The first-order valence-corrected chi connectivity index (χ1v) is 5.87. The smallest absolute Gasteiger partial charge is 0.122 e. The van der Waals surface area contributed by atoms with Crippen LogP contribution in [0.25, 0.3) is 0 Å². The summed E-state index contributed by atoms with van der Waals surface area (Å²) in [5, 5.41) is 3.06. The zero-order valence-corrected chi connectivity index (χ0v) is 9.79. The third-order valence-corrected chi connectivity index (χ3v) is 2.79. The van der Waals surface area contributed by atoms with Crippen LogP contribution < -0.4 is 10.1 Å². The average Bonchev–Trinajstić information content (AvgIpc) is 2.76. The molecule has 0 spiro atoms. The maximum atomic E-state index is 5.50. The fourth-order valence-electron chi connectivity index (χ4n) is 1.86. The van der Waals surface area contributed by atoms with Gasteiger partial charge in [-0.25, -0.2) is 0 Å². The van der Waals surface area contributed by atoms with Crippen LogP contribution in [0.2, 0.25) is 0 Å². The number of ether oxygens (including phenoxy) is 2. The monoisotopic (exact) mass is 221 g/mol. The molecule has 1 aliphatic heterocycles. The zero-order valence-electron chi connectivity index (χ0n) is 9.79. The Morgan fingerprint density at radius 2 is 2.31 bits per heavy atom. The Kier molecular flexibility index (Phi) is 4.19. The predicted octanol–water partition coefficient (Wildman–Crippen LogP) is 1.40. The Bertz CT molecular complexity index is 339. The number of benzene rings is 1. The maximum absolute atomic E-state index is 5.50. The van der Waals surface area contributed by atoms with Gasteiger partial charge in [0.25, 0.3) is 0 Å². The Morgan fingerprint density at radius 1 is 1.38 bits per heavy atom. The highest BCUT2D eigenvalue weighted by atomic mass is 16.5. The Balaban J connectivity index is 1.77. The van der Waals surface area contributed by atoms with Crippen LogP contribution in [0.15, 0.2) is 18.2 Å². The third-order valence-electron chi connectivity index (χ3n) is 2.79. The van der Waals surface area contributed by atoms with E-state index in [-0.39, 0.29) is 0 Å². The molecule has 1 aromatic rings. The number of fused-ring (bicyclic) bond motifs is 1. The summed E-state index contributed by atoms with van der Waals surface area (Å²) in [6.07, 6.45) is 2.03. The van der Waals surface area contributed by atoms with Crippen molar-refractivity contribution in [3.8, 4) is 5.75 Å². The van der Waals surface area contributed by atoms with E-state index in [1.54, 1.807) is 0 Å². The van der Waals surface area contributed by atoms with Gasteiger partial charge in [0, 0.05) is 13.0 Å². The molecule has 3 heteroatoms. The lowest BCUT2D eigenvalue weighted by Crippen LogP contribution is -2.15. The number of rotatable bonds is 6. The van der Waals surface area contributed by atoms with Gasteiger partial charge < -0.3 is 14.8 Å². The average molecular weight is 221 g/mol. The fraction of sp³-hybridized carbons (Fsp3) is 0.538. The lowest BCUT2D eigenvalue weighted by molar-refractivity contribution is 0.140. The van der Waals surface area contributed by atoms with E-state index in [2.05, 4.69) is 23.5 Å². The van der Waals surface area contributed by atoms with Crippen LogP contribution >= 0.6 is 0 Å². The van der Waals surface area contributed by atoms with Crippen LogP contribution in [-0.2, 0) is 17.6 Å². The van der Waals surface area contributed by atoms with E-state index in [0.29, 0.717) is 0 Å². The van der Waals surface area contributed by atoms with Crippen LogP contribution in [0, 0.1) is 0 Å². The Labute approximate surface area is 96.8 Å². The van der Waals surface area contributed by atoms with Crippen molar-refractivity contribution in [3.63, 3.8) is 0 Å². The van der Waals surface area contributed by atoms with E-state index in [1.165, 1.54) is 11.1 Å². The molecule has 0 unspecified atom stereocenters. The second-order valence-electron chi connectivity index (χ2n) is 4.01. The molecule has 0 aromatic heterocycles. The molecule has 3 nitrogen and oxygen atoms in total. The summed E-state index contributed by atoms with van der Waals surface area (Å²) in [6, 6.07) is 6.45. The van der Waals surface area contributed by atoms with Gasteiger partial charge in [-0.05, 0) is 30.7 Å². The van der Waals surface area contributed by atoms with Crippen LogP contribution in [0.3, 0.4) is 0 Å². The molecule has 0 fully saturated rings. The van der Waals surface area contributed by atoms with Gasteiger partial charge in [0.15, 0.2) is 0 Å². The van der Waals surface area contributed by atoms with Gasteiger partial charge in [0.05, 0.1) is 19.8 Å². The fourth-order valence-corrected chi connectivity index (χ4v) is 1.86. The van der Waals surface area contributed by atoms with E-state index in [4.69, 9.17) is 9.47 Å². The summed E-state index contributed by atoms with van der Waals surface area (Å²) >= 11 is 0. The minimum absolute atomic E-state index is 0.782. The summed E-state index contributed by atoms with van der Waals surface area (Å²) in [5.41, 5.74) is 2.68. The minimum atomic E-state index is 0.782. The summed E-state index contributed by atoms with van der Waals surface area (Å²) < 4.78 is 11.0. The maximum Gasteiger partial charge on any atom is 0.122 e. The quantitative estimate of drug-likeness (QED) is 0.737. The lowest BCUT2D eigenvalue weighted by Gasteiger charge is -2.05. The van der Waals surface area contributed by atoms with Crippen LogP contribution in [0.5, 0.6) is 5.75 Å². The molecule has 2 rings (SSSR count). The lowest BCUT2D eigenvalue weighted by atomic mass is 10.1. The number of likely N-dealkylation sites (N-methyl/N-ethyl adjacent to an activating group) is 1. The molecule has 88 valence electrons. The standard InChI is InChI=1S/C13H19NO2/c1-14-6-9-15-7-4-11-2-3-13-12(10-11)5-8-16-13/h2-3,10,14H,4-9H2,1H3. The molecule has 0 atom stereocenters. The molecule has 1 heterocycles. The van der Waals surface area contributed by atoms with E-state index in [9.17, 15) is 0 Å². The van der Waals surface area contributed by atoms with Gasteiger partial charge in [-0.3, -0.25) is 0 Å². The SMILES string of the molecule is CNCCOCCc1ccc2c(c1)CCO2. The van der Waals surface area contributed by atoms with Crippen molar-refractivity contribution in [2.75, 3.05) is 33.4 Å². The molecule has 1 aromatic carbocycles. The molecule has 0 saturated heterocycles. The van der Waals surface area contributed by atoms with Gasteiger partial charge in [-0.15, -0.1) is 0 Å². The molecule has 1 aliphatic rings. The summed E-state index contributed by atoms with van der Waals surface area (Å²) in [4.78, 5) is 0. The van der Waals surface area contributed by atoms with Crippen LogP contribution in [0.1, 0.15) is 11.1 Å². The summed E-state index contributed by atoms with van der Waals surface area (Å²) in [6.45, 7) is 3.32. The van der Waals surface area contributed by atoms with Gasteiger partial charge in [-0.2, -0.15) is 0 Å². The molecule has 0 bridgehead atoms. The number of nitrogens with one attached hydrogen (secondary N) is 1. The first-order chi connectivity index (χ1) is 7.90. The van der Waals surface area contributed by atoms with Crippen molar-refractivity contribution in [2.24, 2.45) is 0 Å². The van der Waals surface area contributed by atoms with Crippen LogP contribution in [0.4, 0.5) is 0 Å². The first kappa shape index (κ1) is 11.4. The number of hydrogen-bond acceptors (Lipinski definition) is 3. The van der Waals surface area contributed by atoms with E-state index < -0.39 is 0 Å². The molecule has 0 radical (unpaired) electrons. The highest BCUT2D eigenvalue weighted by molar-refractivity contribution is 5.39. The van der Waals surface area contributed by atoms with Crippen molar-refractivity contribution >= 4 is 0 Å². The molecular formula is C13H19NO2. The summed E-state index contributed by atoms with van der Waals surface area (Å²) in [7, 11) is 1.93. The number of hydrogen-bond donors (Lipinski definition) is 1. The second-order valence-corrected chi connectivity index (χ2v) is 4.01. The minimum Gasteiger partial charge on any atom is -0.493 e. The van der Waals surface area contributed by atoms with E-state index >= 15 is 0 Å². The van der Waals surface area contributed by atoms with Crippen LogP contribution in [-0.4, -0.2) is 33.4 Å². The van der Waals surface area contributed by atoms with Gasteiger partial charge in [-0.1, -0.05) is 12.1 Å². The summed E-state index contributed by atoms with van der Waals surface area (Å²) in [5.74, 6) is 1.06. The molecule has 0 amide bonds.